The molecule has 0 atom stereocenters. The van der Waals surface area contributed by atoms with Gasteiger partial charge < -0.3 is 16.0 Å². The second kappa shape index (κ2) is 6.63. The molecule has 3 amide bonds. The number of piperidine rings is 1. The summed E-state index contributed by atoms with van der Waals surface area (Å²) in [4.78, 5) is 23.6. The summed E-state index contributed by atoms with van der Waals surface area (Å²) < 4.78 is 36.6. The van der Waals surface area contributed by atoms with Crippen molar-refractivity contribution in [3.8, 4) is 0 Å². The Balaban J connectivity index is 2.25. The molecule has 0 aromatic rings. The van der Waals surface area contributed by atoms with E-state index < -0.39 is 24.5 Å². The van der Waals surface area contributed by atoms with Gasteiger partial charge in [0.2, 0.25) is 5.91 Å². The van der Waals surface area contributed by atoms with E-state index in [1.807, 2.05) is 0 Å². The van der Waals surface area contributed by atoms with Gasteiger partial charge in [-0.1, -0.05) is 0 Å². The number of amides is 3. The fourth-order valence-electron chi connectivity index (χ4n) is 2.16. The van der Waals surface area contributed by atoms with Crippen LogP contribution >= 0.6 is 0 Å². The normalized spacial score (nSPS) is 17.3. The number of rotatable bonds is 4. The van der Waals surface area contributed by atoms with Crippen molar-refractivity contribution in [3.63, 3.8) is 0 Å². The number of hydrogen-bond acceptors (Lipinski definition) is 2. The summed E-state index contributed by atoms with van der Waals surface area (Å²) >= 11 is 0. The second-order valence-electron chi connectivity index (χ2n) is 4.68. The number of halogens is 3. The molecule has 5 nitrogen and oxygen atoms in total. The van der Waals surface area contributed by atoms with E-state index in [-0.39, 0.29) is 18.9 Å². The van der Waals surface area contributed by atoms with Gasteiger partial charge in [-0.25, -0.2) is 4.79 Å². The SMILES string of the molecule is NC(=O)NCCC(=O)N1CCC(CC(F)(F)F)CC1. The largest absolute Gasteiger partial charge is 0.389 e. The maximum atomic E-state index is 12.2. The number of nitrogens with zero attached hydrogens (tertiary/aromatic N) is 1. The average molecular weight is 281 g/mol. The molecular formula is C11H18F3N3O2. The Morgan fingerprint density at radius 1 is 1.26 bits per heavy atom. The standard InChI is InChI=1S/C11H18F3N3O2/c12-11(13,14)7-8-2-5-17(6-3-8)9(18)1-4-16-10(15)19/h8H,1-7H2,(H3,15,16,19). The van der Waals surface area contributed by atoms with Crippen molar-refractivity contribution in [3.05, 3.63) is 0 Å². The van der Waals surface area contributed by atoms with Crippen LogP contribution in [0.25, 0.3) is 0 Å². The van der Waals surface area contributed by atoms with E-state index in [1.165, 1.54) is 4.90 Å². The molecule has 0 bridgehead atoms. The Morgan fingerprint density at radius 2 is 1.84 bits per heavy atom. The summed E-state index contributed by atoms with van der Waals surface area (Å²) in [6.45, 7) is 0.836. The zero-order valence-corrected chi connectivity index (χ0v) is 10.5. The lowest BCUT2D eigenvalue weighted by Crippen LogP contribution is -2.41. The molecule has 1 aliphatic rings. The van der Waals surface area contributed by atoms with E-state index in [0.717, 1.165) is 0 Å². The molecule has 1 heterocycles. The minimum Gasteiger partial charge on any atom is -0.352 e. The highest BCUT2D eigenvalue weighted by atomic mass is 19.4. The number of alkyl halides is 3. The van der Waals surface area contributed by atoms with Gasteiger partial charge in [-0.2, -0.15) is 13.2 Å². The molecule has 0 radical (unpaired) electrons. The average Bonchev–Trinajstić information content (AvgIpc) is 2.27. The molecule has 0 saturated carbocycles. The lowest BCUT2D eigenvalue weighted by Gasteiger charge is -2.32. The first kappa shape index (κ1) is 15.6. The second-order valence-corrected chi connectivity index (χ2v) is 4.68. The Bertz CT molecular complexity index is 326. The van der Waals surface area contributed by atoms with Crippen LogP contribution in [0.2, 0.25) is 0 Å². The summed E-state index contributed by atoms with van der Waals surface area (Å²) in [5.74, 6) is -0.563. The molecule has 8 heteroatoms. The van der Waals surface area contributed by atoms with Gasteiger partial charge in [0.25, 0.3) is 0 Å². The number of carbonyl (C=O) groups excluding carboxylic acids is 2. The van der Waals surface area contributed by atoms with Crippen molar-refractivity contribution in [2.24, 2.45) is 11.7 Å². The van der Waals surface area contributed by atoms with Gasteiger partial charge in [-0.05, 0) is 18.8 Å². The van der Waals surface area contributed by atoms with Crippen LogP contribution in [-0.2, 0) is 4.79 Å². The van der Waals surface area contributed by atoms with Gasteiger partial charge in [0, 0.05) is 32.5 Å². The first-order valence-electron chi connectivity index (χ1n) is 6.16. The predicted octanol–water partition coefficient (Wildman–Crippen LogP) is 1.24. The van der Waals surface area contributed by atoms with E-state index in [1.54, 1.807) is 0 Å². The molecule has 1 saturated heterocycles. The Hall–Kier alpha value is -1.47. The summed E-state index contributed by atoms with van der Waals surface area (Å²) in [6, 6.07) is -0.698. The molecule has 0 aromatic heterocycles. The van der Waals surface area contributed by atoms with Gasteiger partial charge in [-0.3, -0.25) is 4.79 Å². The van der Waals surface area contributed by atoms with Crippen molar-refractivity contribution < 1.29 is 22.8 Å². The molecule has 3 N–H and O–H groups in total. The summed E-state index contributed by atoms with van der Waals surface area (Å²) in [6.07, 6.45) is -4.06. The van der Waals surface area contributed by atoms with Crippen molar-refractivity contribution in [1.82, 2.24) is 10.2 Å². The summed E-state index contributed by atoms with van der Waals surface area (Å²) in [5.41, 5.74) is 4.85. The summed E-state index contributed by atoms with van der Waals surface area (Å²) in [5, 5.41) is 2.30. The van der Waals surface area contributed by atoms with E-state index in [4.69, 9.17) is 5.73 Å². The molecule has 0 unspecified atom stereocenters. The highest BCUT2D eigenvalue weighted by molar-refractivity contribution is 5.77. The van der Waals surface area contributed by atoms with E-state index in [9.17, 15) is 22.8 Å². The van der Waals surface area contributed by atoms with Crippen LogP contribution in [0.15, 0.2) is 0 Å². The lowest BCUT2D eigenvalue weighted by molar-refractivity contribution is -0.149. The van der Waals surface area contributed by atoms with E-state index >= 15 is 0 Å². The van der Waals surface area contributed by atoms with Gasteiger partial charge in [-0.15, -0.1) is 0 Å². The summed E-state index contributed by atoms with van der Waals surface area (Å²) in [7, 11) is 0. The zero-order valence-electron chi connectivity index (χ0n) is 10.5. The van der Waals surface area contributed by atoms with Crippen LogP contribution in [-0.4, -0.2) is 42.6 Å². The fourth-order valence-corrected chi connectivity index (χ4v) is 2.16. The minimum absolute atomic E-state index is 0.118. The first-order valence-corrected chi connectivity index (χ1v) is 6.16. The zero-order chi connectivity index (χ0) is 14.5. The van der Waals surface area contributed by atoms with Crippen LogP contribution in [0.3, 0.4) is 0 Å². The third kappa shape index (κ3) is 6.30. The number of primary amides is 1. The number of carbonyl (C=O) groups is 2. The molecule has 110 valence electrons. The quantitative estimate of drug-likeness (QED) is 0.813. The molecule has 1 aliphatic heterocycles. The van der Waals surface area contributed by atoms with Crippen LogP contribution in [0.5, 0.6) is 0 Å². The monoisotopic (exact) mass is 281 g/mol. The molecular weight excluding hydrogens is 263 g/mol. The van der Waals surface area contributed by atoms with Crippen LogP contribution in [0.1, 0.15) is 25.7 Å². The number of urea groups is 1. The van der Waals surface area contributed by atoms with Crippen LogP contribution in [0.4, 0.5) is 18.0 Å². The fraction of sp³-hybridized carbons (Fsp3) is 0.818. The molecule has 19 heavy (non-hydrogen) atoms. The number of nitrogens with two attached hydrogens (primary N) is 1. The van der Waals surface area contributed by atoms with Gasteiger partial charge in [0.05, 0.1) is 0 Å². The third-order valence-corrected chi connectivity index (χ3v) is 3.13. The number of nitrogens with one attached hydrogen (secondary N) is 1. The van der Waals surface area contributed by atoms with Crippen LogP contribution in [0, 0.1) is 5.92 Å². The van der Waals surface area contributed by atoms with Gasteiger partial charge >= 0.3 is 12.2 Å². The smallest absolute Gasteiger partial charge is 0.352 e. The maximum absolute atomic E-state index is 12.2. The molecule has 1 rings (SSSR count). The van der Waals surface area contributed by atoms with E-state index in [2.05, 4.69) is 5.32 Å². The Morgan fingerprint density at radius 3 is 2.32 bits per heavy atom. The van der Waals surface area contributed by atoms with E-state index in [0.29, 0.717) is 25.9 Å². The highest BCUT2D eigenvalue weighted by Gasteiger charge is 2.34. The van der Waals surface area contributed by atoms with Gasteiger partial charge in [0.15, 0.2) is 0 Å². The predicted molar refractivity (Wildman–Crippen MR) is 62.2 cm³/mol. The van der Waals surface area contributed by atoms with Crippen molar-refractivity contribution in [2.45, 2.75) is 31.9 Å². The maximum Gasteiger partial charge on any atom is 0.389 e. The molecule has 1 fully saturated rings. The molecule has 0 aromatic carbocycles. The topological polar surface area (TPSA) is 75.4 Å². The van der Waals surface area contributed by atoms with Crippen molar-refractivity contribution >= 4 is 11.9 Å². The Kier molecular flexibility index (Phi) is 5.44. The Labute approximate surface area is 109 Å². The molecule has 0 spiro atoms. The number of likely N-dealkylation sites (tertiary alicyclic amines) is 1. The van der Waals surface area contributed by atoms with Crippen molar-refractivity contribution in [2.75, 3.05) is 19.6 Å². The minimum atomic E-state index is -4.14. The third-order valence-electron chi connectivity index (χ3n) is 3.13. The molecule has 0 aliphatic carbocycles. The van der Waals surface area contributed by atoms with Crippen molar-refractivity contribution in [1.29, 1.82) is 0 Å². The highest BCUT2D eigenvalue weighted by Crippen LogP contribution is 2.30. The first-order chi connectivity index (χ1) is 8.78. The lowest BCUT2D eigenvalue weighted by atomic mass is 9.93. The number of hydrogen-bond donors (Lipinski definition) is 2. The van der Waals surface area contributed by atoms with Gasteiger partial charge in [0.1, 0.15) is 0 Å². The van der Waals surface area contributed by atoms with Crippen LogP contribution < -0.4 is 11.1 Å².